The van der Waals surface area contributed by atoms with Gasteiger partial charge in [0.05, 0.1) is 0 Å². The number of nitrogens with one attached hydrogen (secondary N) is 1. The van der Waals surface area contributed by atoms with E-state index in [4.69, 9.17) is 16.3 Å². The van der Waals surface area contributed by atoms with Gasteiger partial charge in [-0.05, 0) is 49.0 Å². The van der Waals surface area contributed by atoms with Crippen LogP contribution in [0.1, 0.15) is 19.4 Å². The van der Waals surface area contributed by atoms with Gasteiger partial charge in [0.15, 0.2) is 0 Å². The van der Waals surface area contributed by atoms with Crippen LogP contribution in [0.5, 0.6) is 0 Å². The Labute approximate surface area is 116 Å². The molecule has 1 N–H and O–H groups in total. The van der Waals surface area contributed by atoms with Gasteiger partial charge in [0.1, 0.15) is 0 Å². The normalized spacial score (nSPS) is 14.4. The van der Waals surface area contributed by atoms with Crippen molar-refractivity contribution < 1.29 is 4.74 Å². The molecule has 0 aromatic heterocycles. The first-order valence-electron chi connectivity index (χ1n) is 6.61. The van der Waals surface area contributed by atoms with E-state index in [9.17, 15) is 0 Å². The molecule has 0 fully saturated rings. The van der Waals surface area contributed by atoms with Gasteiger partial charge in [-0.2, -0.15) is 0 Å². The van der Waals surface area contributed by atoms with Crippen molar-refractivity contribution in [3.8, 4) is 0 Å². The van der Waals surface area contributed by atoms with E-state index >= 15 is 0 Å². The highest BCUT2D eigenvalue weighted by molar-refractivity contribution is 6.30. The zero-order valence-electron chi connectivity index (χ0n) is 11.6. The summed E-state index contributed by atoms with van der Waals surface area (Å²) in [4.78, 5) is 0. The van der Waals surface area contributed by atoms with E-state index in [0.29, 0.717) is 11.8 Å². The van der Waals surface area contributed by atoms with E-state index in [-0.39, 0.29) is 0 Å². The third-order valence-electron chi connectivity index (χ3n) is 3.30. The van der Waals surface area contributed by atoms with Crippen LogP contribution in [0.15, 0.2) is 24.3 Å². The molecule has 0 aliphatic carbocycles. The van der Waals surface area contributed by atoms with Crippen molar-refractivity contribution in [2.45, 2.75) is 20.3 Å². The van der Waals surface area contributed by atoms with Gasteiger partial charge in [0, 0.05) is 18.7 Å². The summed E-state index contributed by atoms with van der Waals surface area (Å²) in [5.74, 6) is 1.14. The van der Waals surface area contributed by atoms with Crippen LogP contribution in [0.25, 0.3) is 0 Å². The van der Waals surface area contributed by atoms with E-state index in [0.717, 1.165) is 31.1 Å². The molecule has 0 aliphatic heterocycles. The van der Waals surface area contributed by atoms with Gasteiger partial charge in [-0.15, -0.1) is 0 Å². The van der Waals surface area contributed by atoms with E-state index in [1.54, 1.807) is 7.11 Å². The molecule has 0 amide bonds. The van der Waals surface area contributed by atoms with Crippen LogP contribution in [0, 0.1) is 11.8 Å². The number of hydrogen-bond acceptors (Lipinski definition) is 2. The van der Waals surface area contributed by atoms with Gasteiger partial charge >= 0.3 is 0 Å². The van der Waals surface area contributed by atoms with Crippen molar-refractivity contribution in [3.05, 3.63) is 34.9 Å². The van der Waals surface area contributed by atoms with Crippen LogP contribution in [-0.4, -0.2) is 26.8 Å². The van der Waals surface area contributed by atoms with Gasteiger partial charge in [0.2, 0.25) is 0 Å². The fraction of sp³-hybridized carbons (Fsp3) is 0.600. The Morgan fingerprint density at radius 1 is 1.28 bits per heavy atom. The largest absolute Gasteiger partial charge is 0.384 e. The lowest BCUT2D eigenvalue weighted by molar-refractivity contribution is 0.128. The second-order valence-corrected chi connectivity index (χ2v) is 5.27. The summed E-state index contributed by atoms with van der Waals surface area (Å²) in [5, 5.41) is 4.24. The molecule has 1 aromatic carbocycles. The first kappa shape index (κ1) is 15.5. The van der Waals surface area contributed by atoms with Crippen molar-refractivity contribution in [1.82, 2.24) is 5.32 Å². The molecule has 0 bridgehead atoms. The molecule has 2 atom stereocenters. The minimum atomic E-state index is 0.546. The van der Waals surface area contributed by atoms with Crippen molar-refractivity contribution in [2.75, 3.05) is 26.8 Å². The molecule has 0 saturated carbocycles. The molecule has 102 valence electrons. The lowest BCUT2D eigenvalue weighted by Gasteiger charge is -2.24. The summed E-state index contributed by atoms with van der Waals surface area (Å²) >= 11 is 5.91. The Hall–Kier alpha value is -0.570. The second kappa shape index (κ2) is 8.52. The summed E-state index contributed by atoms with van der Waals surface area (Å²) in [5.41, 5.74) is 1.34. The molecule has 18 heavy (non-hydrogen) atoms. The molecule has 0 heterocycles. The molecular formula is C15H24ClNO. The van der Waals surface area contributed by atoms with Gasteiger partial charge in [-0.1, -0.05) is 37.6 Å². The maximum absolute atomic E-state index is 5.91. The van der Waals surface area contributed by atoms with Crippen LogP contribution in [0.2, 0.25) is 5.02 Å². The number of methoxy groups -OCH3 is 1. The minimum absolute atomic E-state index is 0.546. The number of rotatable bonds is 8. The molecule has 1 aromatic rings. The zero-order valence-corrected chi connectivity index (χ0v) is 12.3. The summed E-state index contributed by atoms with van der Waals surface area (Å²) in [6.07, 6.45) is 1.06. The molecule has 3 heteroatoms. The highest BCUT2D eigenvalue weighted by atomic mass is 35.5. The van der Waals surface area contributed by atoms with E-state index in [2.05, 4.69) is 31.3 Å². The zero-order chi connectivity index (χ0) is 13.4. The third-order valence-corrected chi connectivity index (χ3v) is 3.55. The molecular weight excluding hydrogens is 246 g/mol. The lowest BCUT2D eigenvalue weighted by Crippen LogP contribution is -2.30. The monoisotopic (exact) mass is 269 g/mol. The topological polar surface area (TPSA) is 21.3 Å². The fourth-order valence-corrected chi connectivity index (χ4v) is 2.25. The van der Waals surface area contributed by atoms with Crippen LogP contribution in [0.3, 0.4) is 0 Å². The predicted octanol–water partition coefficient (Wildman–Crippen LogP) is 3.39. The van der Waals surface area contributed by atoms with Crippen molar-refractivity contribution in [2.24, 2.45) is 11.8 Å². The minimum Gasteiger partial charge on any atom is -0.384 e. The van der Waals surface area contributed by atoms with Crippen LogP contribution < -0.4 is 5.32 Å². The van der Waals surface area contributed by atoms with Crippen molar-refractivity contribution in [3.63, 3.8) is 0 Å². The molecule has 2 unspecified atom stereocenters. The van der Waals surface area contributed by atoms with Crippen LogP contribution in [0.4, 0.5) is 0 Å². The van der Waals surface area contributed by atoms with Crippen molar-refractivity contribution >= 4 is 11.6 Å². The third kappa shape index (κ3) is 5.38. The Kier molecular flexibility index (Phi) is 7.33. The molecule has 0 saturated heterocycles. The highest BCUT2D eigenvalue weighted by Crippen LogP contribution is 2.19. The standard InChI is InChI=1S/C15H24ClNO/c1-4-17-10-14(12(2)11-18-3)9-13-5-7-15(16)8-6-13/h5-8,12,14,17H,4,9-11H2,1-3H3. The number of benzene rings is 1. The summed E-state index contributed by atoms with van der Waals surface area (Å²) in [6, 6.07) is 8.14. The van der Waals surface area contributed by atoms with Gasteiger partial charge < -0.3 is 10.1 Å². The SMILES string of the molecule is CCNCC(Cc1ccc(Cl)cc1)C(C)COC. The maximum Gasteiger partial charge on any atom is 0.0491 e. The predicted molar refractivity (Wildman–Crippen MR) is 78.2 cm³/mol. The maximum atomic E-state index is 5.91. The number of hydrogen-bond donors (Lipinski definition) is 1. The van der Waals surface area contributed by atoms with E-state index < -0.39 is 0 Å². The lowest BCUT2D eigenvalue weighted by atomic mass is 9.88. The Morgan fingerprint density at radius 3 is 2.50 bits per heavy atom. The van der Waals surface area contributed by atoms with Gasteiger partial charge in [0.25, 0.3) is 0 Å². The summed E-state index contributed by atoms with van der Waals surface area (Å²) < 4.78 is 5.27. The Bertz CT molecular complexity index is 326. The van der Waals surface area contributed by atoms with E-state index in [1.165, 1.54) is 5.56 Å². The molecule has 0 spiro atoms. The number of halogens is 1. The van der Waals surface area contributed by atoms with E-state index in [1.807, 2.05) is 12.1 Å². The van der Waals surface area contributed by atoms with Gasteiger partial charge in [-0.3, -0.25) is 0 Å². The molecule has 0 aliphatic rings. The average molecular weight is 270 g/mol. The quantitative estimate of drug-likeness (QED) is 0.781. The highest BCUT2D eigenvalue weighted by Gasteiger charge is 2.17. The van der Waals surface area contributed by atoms with Crippen LogP contribution in [-0.2, 0) is 11.2 Å². The first-order valence-corrected chi connectivity index (χ1v) is 6.99. The summed E-state index contributed by atoms with van der Waals surface area (Å²) in [7, 11) is 1.77. The first-order chi connectivity index (χ1) is 8.67. The van der Waals surface area contributed by atoms with Crippen LogP contribution >= 0.6 is 11.6 Å². The fourth-order valence-electron chi connectivity index (χ4n) is 2.13. The number of ether oxygens (including phenoxy) is 1. The summed E-state index contributed by atoms with van der Waals surface area (Å²) in [6.45, 7) is 7.24. The second-order valence-electron chi connectivity index (χ2n) is 4.83. The Balaban J connectivity index is 2.61. The Morgan fingerprint density at radius 2 is 1.94 bits per heavy atom. The van der Waals surface area contributed by atoms with Gasteiger partial charge in [-0.25, -0.2) is 0 Å². The smallest absolute Gasteiger partial charge is 0.0491 e. The molecule has 2 nitrogen and oxygen atoms in total. The van der Waals surface area contributed by atoms with Crippen molar-refractivity contribution in [1.29, 1.82) is 0 Å². The molecule has 0 radical (unpaired) electrons. The average Bonchev–Trinajstić information content (AvgIpc) is 2.37. The molecule has 1 rings (SSSR count).